The molecule has 1 amide bonds. The number of morpholine rings is 1. The lowest BCUT2D eigenvalue weighted by atomic mass is 10.2. The molecule has 0 saturated carbocycles. The maximum absolute atomic E-state index is 12.6. The van der Waals surface area contributed by atoms with Crippen LogP contribution in [0.15, 0.2) is 46.3 Å². The van der Waals surface area contributed by atoms with Crippen LogP contribution in [0.5, 0.6) is 0 Å². The first kappa shape index (κ1) is 19.9. The van der Waals surface area contributed by atoms with Gasteiger partial charge in [-0.2, -0.15) is 4.31 Å². The topological polar surface area (TPSA) is 91.5 Å². The van der Waals surface area contributed by atoms with Gasteiger partial charge in [0.15, 0.2) is 0 Å². The molecule has 0 spiro atoms. The molecule has 27 heavy (non-hydrogen) atoms. The number of aryl methyl sites for hydroxylation is 1. The number of ether oxygens (including phenoxy) is 1. The number of sulfonamides is 1. The highest BCUT2D eigenvalue weighted by Crippen LogP contribution is 2.19. The first-order chi connectivity index (χ1) is 13.0. The summed E-state index contributed by atoms with van der Waals surface area (Å²) in [5.74, 6) is 0.414. The number of H-pyrrole nitrogens is 1. The van der Waals surface area contributed by atoms with Gasteiger partial charge in [-0.05, 0) is 25.1 Å². The van der Waals surface area contributed by atoms with Gasteiger partial charge in [0.1, 0.15) is 10.6 Å². The van der Waals surface area contributed by atoms with Crippen molar-refractivity contribution in [2.24, 2.45) is 0 Å². The molecule has 146 valence electrons. The minimum absolute atomic E-state index is 0.101. The zero-order valence-corrected chi connectivity index (χ0v) is 16.7. The second-order valence-corrected chi connectivity index (χ2v) is 9.29. The maximum atomic E-state index is 12.6. The van der Waals surface area contributed by atoms with Gasteiger partial charge < -0.3 is 15.0 Å². The van der Waals surface area contributed by atoms with E-state index in [4.69, 9.17) is 4.74 Å². The van der Waals surface area contributed by atoms with Crippen molar-refractivity contribution in [2.75, 3.05) is 38.6 Å². The summed E-state index contributed by atoms with van der Waals surface area (Å²) < 4.78 is 31.7. The summed E-state index contributed by atoms with van der Waals surface area (Å²) in [5, 5.41) is 2.81. The highest BCUT2D eigenvalue weighted by atomic mass is 32.2. The number of nitrogens with one attached hydrogen (secondary N) is 2. The summed E-state index contributed by atoms with van der Waals surface area (Å²) in [6.07, 6.45) is 1.36. The number of thioether (sulfide) groups is 1. The van der Waals surface area contributed by atoms with Crippen molar-refractivity contribution in [3.63, 3.8) is 0 Å². The molecule has 2 heterocycles. The number of hydrogen-bond donors (Lipinski definition) is 2. The Labute approximate surface area is 163 Å². The average molecular weight is 410 g/mol. The van der Waals surface area contributed by atoms with E-state index in [1.54, 1.807) is 11.8 Å². The number of benzene rings is 1. The van der Waals surface area contributed by atoms with Gasteiger partial charge in [0.2, 0.25) is 10.0 Å². The fraction of sp³-hybridized carbons (Fsp3) is 0.389. The molecule has 1 aliphatic heterocycles. The molecule has 2 N–H and O–H groups in total. The number of rotatable bonds is 7. The van der Waals surface area contributed by atoms with E-state index in [-0.39, 0.29) is 16.5 Å². The van der Waals surface area contributed by atoms with Gasteiger partial charge >= 0.3 is 0 Å². The van der Waals surface area contributed by atoms with Crippen molar-refractivity contribution in [1.82, 2.24) is 14.6 Å². The molecule has 0 atom stereocenters. The monoisotopic (exact) mass is 409 g/mol. The minimum Gasteiger partial charge on any atom is -0.379 e. The summed E-state index contributed by atoms with van der Waals surface area (Å²) in [6.45, 7) is 3.95. The molecule has 3 rings (SSSR count). The summed E-state index contributed by atoms with van der Waals surface area (Å²) >= 11 is 1.66. The third-order valence-electron chi connectivity index (χ3n) is 4.19. The third kappa shape index (κ3) is 5.13. The Kier molecular flexibility index (Phi) is 6.59. The molecule has 0 radical (unpaired) electrons. The van der Waals surface area contributed by atoms with E-state index in [0.29, 0.717) is 32.8 Å². The zero-order valence-electron chi connectivity index (χ0n) is 15.1. The van der Waals surface area contributed by atoms with Gasteiger partial charge in [-0.3, -0.25) is 4.79 Å². The van der Waals surface area contributed by atoms with Crippen molar-refractivity contribution >= 4 is 27.7 Å². The van der Waals surface area contributed by atoms with E-state index >= 15 is 0 Å². The number of aromatic amines is 1. The van der Waals surface area contributed by atoms with Crippen molar-refractivity contribution in [3.8, 4) is 0 Å². The van der Waals surface area contributed by atoms with Crippen LogP contribution in [0.2, 0.25) is 0 Å². The SMILES string of the molecule is Cc1ccc(SCCNC(=O)c2cc(S(=O)(=O)N3CCOCC3)c[nH]2)cc1. The molecule has 2 aromatic rings. The highest BCUT2D eigenvalue weighted by molar-refractivity contribution is 7.99. The van der Waals surface area contributed by atoms with Gasteiger partial charge in [0, 0.05) is 36.5 Å². The van der Waals surface area contributed by atoms with Gasteiger partial charge in [-0.1, -0.05) is 17.7 Å². The molecule has 0 bridgehead atoms. The molecule has 1 aromatic heterocycles. The predicted molar refractivity (Wildman–Crippen MR) is 105 cm³/mol. The Morgan fingerprint density at radius 3 is 2.67 bits per heavy atom. The summed E-state index contributed by atoms with van der Waals surface area (Å²) in [7, 11) is -3.60. The quantitative estimate of drug-likeness (QED) is 0.538. The molecule has 7 nitrogen and oxygen atoms in total. The lowest BCUT2D eigenvalue weighted by Crippen LogP contribution is -2.40. The van der Waals surface area contributed by atoms with Crippen LogP contribution in [0, 0.1) is 6.92 Å². The van der Waals surface area contributed by atoms with E-state index in [9.17, 15) is 13.2 Å². The molecule has 1 aromatic carbocycles. The smallest absolute Gasteiger partial charge is 0.267 e. The fourth-order valence-corrected chi connectivity index (χ4v) is 4.82. The van der Waals surface area contributed by atoms with Gasteiger partial charge in [-0.25, -0.2) is 8.42 Å². The second-order valence-electron chi connectivity index (χ2n) is 6.18. The molecular weight excluding hydrogens is 386 g/mol. The van der Waals surface area contributed by atoms with Crippen LogP contribution in [0.3, 0.4) is 0 Å². The minimum atomic E-state index is -3.60. The van der Waals surface area contributed by atoms with Crippen molar-refractivity contribution < 1.29 is 17.9 Å². The number of carbonyl (C=O) groups is 1. The number of nitrogens with zero attached hydrogens (tertiary/aromatic N) is 1. The maximum Gasteiger partial charge on any atom is 0.267 e. The van der Waals surface area contributed by atoms with Crippen LogP contribution in [0.1, 0.15) is 16.1 Å². The Morgan fingerprint density at radius 2 is 1.96 bits per heavy atom. The number of amides is 1. The lowest BCUT2D eigenvalue weighted by Gasteiger charge is -2.25. The Bertz CT molecular complexity index is 872. The number of hydrogen-bond acceptors (Lipinski definition) is 5. The molecule has 1 fully saturated rings. The Balaban J connectivity index is 1.51. The van der Waals surface area contributed by atoms with Crippen LogP contribution in [-0.2, 0) is 14.8 Å². The number of carbonyl (C=O) groups excluding carboxylic acids is 1. The standard InChI is InChI=1S/C18H23N3O4S2/c1-14-2-4-15(5-3-14)26-11-6-19-18(22)17-12-16(13-20-17)27(23,24)21-7-9-25-10-8-21/h2-5,12-13,20H,6-11H2,1H3,(H,19,22). The predicted octanol–water partition coefficient (Wildman–Crippen LogP) is 1.87. The number of aromatic nitrogens is 1. The van der Waals surface area contributed by atoms with E-state index in [1.807, 2.05) is 6.92 Å². The normalized spacial score (nSPS) is 15.6. The summed E-state index contributed by atoms with van der Waals surface area (Å²) in [4.78, 5) is 16.2. The van der Waals surface area contributed by atoms with E-state index in [1.165, 1.54) is 22.1 Å². The molecule has 0 aliphatic carbocycles. The largest absolute Gasteiger partial charge is 0.379 e. The van der Waals surface area contributed by atoms with Crippen LogP contribution >= 0.6 is 11.8 Å². The van der Waals surface area contributed by atoms with Gasteiger partial charge in [-0.15, -0.1) is 11.8 Å². The fourth-order valence-electron chi connectivity index (χ4n) is 2.65. The average Bonchev–Trinajstić information content (AvgIpc) is 3.18. The molecule has 0 unspecified atom stereocenters. The third-order valence-corrected chi connectivity index (χ3v) is 7.08. The van der Waals surface area contributed by atoms with Crippen molar-refractivity contribution in [2.45, 2.75) is 16.7 Å². The van der Waals surface area contributed by atoms with Crippen LogP contribution in [-0.4, -0.2) is 62.2 Å². The van der Waals surface area contributed by atoms with Crippen molar-refractivity contribution in [3.05, 3.63) is 47.8 Å². The van der Waals surface area contributed by atoms with Gasteiger partial charge in [0.05, 0.1) is 13.2 Å². The van der Waals surface area contributed by atoms with Crippen LogP contribution < -0.4 is 5.32 Å². The first-order valence-corrected chi connectivity index (χ1v) is 11.1. The van der Waals surface area contributed by atoms with Crippen LogP contribution in [0.25, 0.3) is 0 Å². The molecule has 9 heteroatoms. The first-order valence-electron chi connectivity index (χ1n) is 8.71. The van der Waals surface area contributed by atoms with E-state index in [0.717, 1.165) is 10.6 Å². The highest BCUT2D eigenvalue weighted by Gasteiger charge is 2.27. The van der Waals surface area contributed by atoms with E-state index < -0.39 is 10.0 Å². The van der Waals surface area contributed by atoms with E-state index in [2.05, 4.69) is 34.6 Å². The zero-order chi connectivity index (χ0) is 19.3. The molecular formula is C18H23N3O4S2. The second kappa shape index (κ2) is 8.92. The summed E-state index contributed by atoms with van der Waals surface area (Å²) in [6, 6.07) is 9.59. The Morgan fingerprint density at radius 1 is 1.26 bits per heavy atom. The Hall–Kier alpha value is -1.81. The summed E-state index contributed by atoms with van der Waals surface area (Å²) in [5.41, 5.74) is 1.45. The lowest BCUT2D eigenvalue weighted by molar-refractivity contribution is 0.0730. The van der Waals surface area contributed by atoms with Crippen LogP contribution in [0.4, 0.5) is 0 Å². The van der Waals surface area contributed by atoms with Gasteiger partial charge in [0.25, 0.3) is 5.91 Å². The molecule has 1 saturated heterocycles. The van der Waals surface area contributed by atoms with Crippen molar-refractivity contribution in [1.29, 1.82) is 0 Å². The molecule has 1 aliphatic rings.